The third kappa shape index (κ3) is 1.46. The lowest BCUT2D eigenvalue weighted by Crippen LogP contribution is -2.02. The lowest BCUT2D eigenvalue weighted by molar-refractivity contribution is 0.600. The van der Waals surface area contributed by atoms with Crippen molar-refractivity contribution in [2.24, 2.45) is 0 Å². The van der Waals surface area contributed by atoms with Gasteiger partial charge in [-0.15, -0.1) is 0 Å². The summed E-state index contributed by atoms with van der Waals surface area (Å²) in [4.78, 5) is 4.38. The molecule has 1 heterocycles. The summed E-state index contributed by atoms with van der Waals surface area (Å²) in [5.74, 6) is 0.724. The van der Waals surface area contributed by atoms with Gasteiger partial charge in [0, 0.05) is 14.6 Å². The Hall–Kier alpha value is -0.830. The molecular weight excluding hydrogens is 240 g/mol. The van der Waals surface area contributed by atoms with Crippen molar-refractivity contribution in [2.45, 2.75) is 26.7 Å². The summed E-state index contributed by atoms with van der Waals surface area (Å²) in [6.45, 7) is 1.50. The van der Waals surface area contributed by atoms with Gasteiger partial charge in [-0.25, -0.2) is 4.98 Å². The Morgan fingerprint density at radius 3 is 3.07 bits per heavy atom. The molecule has 0 aliphatic carbocycles. The van der Waals surface area contributed by atoms with Crippen LogP contribution in [-0.4, -0.2) is 9.55 Å². The molecule has 0 bridgehead atoms. The normalized spacial score (nSPS) is 17.5. The Morgan fingerprint density at radius 2 is 2.36 bits per heavy atom. The highest BCUT2D eigenvalue weighted by molar-refractivity contribution is 9.10. The quantitative estimate of drug-likeness (QED) is 0.760. The zero-order valence-electron chi connectivity index (χ0n) is 11.1. The Kier molecular flexibility index (Phi) is 1.60. The van der Waals surface area contributed by atoms with E-state index in [0.29, 0.717) is 0 Å². The summed E-state index contributed by atoms with van der Waals surface area (Å²) >= 11 is 3.39. The van der Waals surface area contributed by atoms with Crippen LogP contribution < -0.4 is 0 Å². The number of aromatic nitrogens is 2. The summed E-state index contributed by atoms with van der Waals surface area (Å²) in [5.41, 5.74) is 1.67. The van der Waals surface area contributed by atoms with Gasteiger partial charge in [0.1, 0.15) is 5.82 Å². The predicted octanol–water partition coefficient (Wildman–Crippen LogP) is 3.69. The molecule has 0 aliphatic heterocycles. The van der Waals surface area contributed by atoms with E-state index in [1.54, 1.807) is 11.5 Å². The fraction of sp³-hybridized carbons (Fsp3) is 0.364. The SMILES string of the molecule is [2H]C([2H])([2H])C(C)n1c(C)nc2ccc(Br)cc21. The second kappa shape index (κ2) is 3.39. The van der Waals surface area contributed by atoms with Gasteiger partial charge in [0.15, 0.2) is 0 Å². The molecule has 0 saturated carbocycles. The van der Waals surface area contributed by atoms with E-state index < -0.39 is 12.9 Å². The van der Waals surface area contributed by atoms with Crippen LogP contribution in [0.15, 0.2) is 22.7 Å². The number of hydrogen-bond donors (Lipinski definition) is 0. The number of fused-ring (bicyclic) bond motifs is 1. The van der Waals surface area contributed by atoms with E-state index in [0.717, 1.165) is 21.3 Å². The van der Waals surface area contributed by atoms with Crippen LogP contribution in [0.3, 0.4) is 0 Å². The van der Waals surface area contributed by atoms with E-state index in [4.69, 9.17) is 4.11 Å². The third-order valence-electron chi connectivity index (χ3n) is 2.22. The van der Waals surface area contributed by atoms with Crippen LogP contribution in [0.25, 0.3) is 11.0 Å². The maximum Gasteiger partial charge on any atom is 0.106 e. The molecule has 0 radical (unpaired) electrons. The zero-order valence-corrected chi connectivity index (χ0v) is 9.67. The standard InChI is InChI=1S/C11H13BrN2/c1-7(2)14-8(3)13-10-5-4-9(12)6-11(10)14/h4-7H,1-3H3/i1D3. The molecule has 14 heavy (non-hydrogen) atoms. The fourth-order valence-corrected chi connectivity index (χ4v) is 2.02. The first-order valence-electron chi connectivity index (χ1n) is 5.95. The monoisotopic (exact) mass is 255 g/mol. The highest BCUT2D eigenvalue weighted by atomic mass is 79.9. The smallest absolute Gasteiger partial charge is 0.106 e. The first-order valence-corrected chi connectivity index (χ1v) is 5.24. The van der Waals surface area contributed by atoms with Crippen molar-refractivity contribution in [3.63, 3.8) is 0 Å². The molecule has 0 aliphatic rings. The summed E-state index contributed by atoms with van der Waals surface area (Å²) in [6, 6.07) is 5.10. The maximum atomic E-state index is 7.51. The molecule has 2 aromatic rings. The largest absolute Gasteiger partial charge is 0.326 e. The van der Waals surface area contributed by atoms with Crippen LogP contribution in [0.5, 0.6) is 0 Å². The van der Waals surface area contributed by atoms with E-state index in [1.165, 1.54) is 0 Å². The van der Waals surface area contributed by atoms with Gasteiger partial charge in [-0.2, -0.15) is 0 Å². The summed E-state index contributed by atoms with van der Waals surface area (Å²) in [6.07, 6.45) is 0. The molecule has 3 heteroatoms. The van der Waals surface area contributed by atoms with Crippen LogP contribution in [0.4, 0.5) is 0 Å². The highest BCUT2D eigenvalue weighted by Crippen LogP contribution is 2.23. The summed E-state index contributed by atoms with van der Waals surface area (Å²) in [5, 5.41) is 0. The van der Waals surface area contributed by atoms with Crippen molar-refractivity contribution in [3.8, 4) is 0 Å². The Morgan fingerprint density at radius 1 is 1.57 bits per heavy atom. The molecule has 2 nitrogen and oxygen atoms in total. The number of benzene rings is 1. The molecule has 0 amide bonds. The molecular formula is C11H13BrN2. The molecule has 1 aromatic carbocycles. The first kappa shape index (κ1) is 6.62. The van der Waals surface area contributed by atoms with Gasteiger partial charge < -0.3 is 4.57 Å². The van der Waals surface area contributed by atoms with Crippen molar-refractivity contribution >= 4 is 27.0 Å². The zero-order chi connectivity index (χ0) is 12.8. The number of nitrogens with zero attached hydrogens (tertiary/aromatic N) is 2. The summed E-state index contributed by atoms with van der Waals surface area (Å²) in [7, 11) is 0. The maximum absolute atomic E-state index is 7.51. The minimum absolute atomic E-state index is 0.582. The number of halogens is 1. The highest BCUT2D eigenvalue weighted by Gasteiger charge is 2.09. The minimum atomic E-state index is -2.03. The molecule has 0 spiro atoms. The van der Waals surface area contributed by atoms with Crippen molar-refractivity contribution in [2.75, 3.05) is 0 Å². The minimum Gasteiger partial charge on any atom is -0.326 e. The third-order valence-corrected chi connectivity index (χ3v) is 2.71. The molecule has 0 fully saturated rings. The number of aryl methyl sites for hydroxylation is 1. The van der Waals surface area contributed by atoms with Gasteiger partial charge in [0.25, 0.3) is 0 Å². The molecule has 1 unspecified atom stereocenters. The number of rotatable bonds is 1. The van der Waals surface area contributed by atoms with Crippen LogP contribution in [0, 0.1) is 6.92 Å². The molecule has 0 N–H and O–H groups in total. The Labute approximate surface area is 96.3 Å². The van der Waals surface area contributed by atoms with Crippen molar-refractivity contribution in [3.05, 3.63) is 28.5 Å². The van der Waals surface area contributed by atoms with E-state index in [1.807, 2.05) is 25.1 Å². The van der Waals surface area contributed by atoms with E-state index in [2.05, 4.69) is 20.9 Å². The van der Waals surface area contributed by atoms with Crippen molar-refractivity contribution in [1.82, 2.24) is 9.55 Å². The fourth-order valence-electron chi connectivity index (χ4n) is 1.68. The van der Waals surface area contributed by atoms with Crippen molar-refractivity contribution in [1.29, 1.82) is 0 Å². The van der Waals surface area contributed by atoms with Gasteiger partial charge in [0.05, 0.1) is 11.0 Å². The molecule has 0 saturated heterocycles. The second-order valence-electron chi connectivity index (χ2n) is 3.34. The molecule has 2 rings (SSSR count). The van der Waals surface area contributed by atoms with E-state index in [9.17, 15) is 0 Å². The van der Waals surface area contributed by atoms with Gasteiger partial charge in [0.2, 0.25) is 0 Å². The van der Waals surface area contributed by atoms with Gasteiger partial charge >= 0.3 is 0 Å². The molecule has 1 aromatic heterocycles. The van der Waals surface area contributed by atoms with Crippen LogP contribution in [0.1, 0.15) is 29.8 Å². The van der Waals surface area contributed by atoms with Gasteiger partial charge in [-0.1, -0.05) is 15.9 Å². The van der Waals surface area contributed by atoms with E-state index in [-0.39, 0.29) is 0 Å². The Bertz CT molecular complexity index is 560. The predicted molar refractivity (Wildman–Crippen MR) is 62.6 cm³/mol. The van der Waals surface area contributed by atoms with Gasteiger partial charge in [-0.05, 0) is 38.9 Å². The van der Waals surface area contributed by atoms with Gasteiger partial charge in [-0.3, -0.25) is 0 Å². The lowest BCUT2D eigenvalue weighted by atomic mass is 10.3. The van der Waals surface area contributed by atoms with Crippen LogP contribution in [0.2, 0.25) is 0 Å². The van der Waals surface area contributed by atoms with E-state index >= 15 is 0 Å². The van der Waals surface area contributed by atoms with Crippen LogP contribution >= 0.6 is 15.9 Å². The summed E-state index contributed by atoms with van der Waals surface area (Å²) < 4.78 is 25.2. The number of hydrogen-bond acceptors (Lipinski definition) is 1. The molecule has 1 atom stereocenters. The lowest BCUT2D eigenvalue weighted by Gasteiger charge is -2.10. The number of imidazole rings is 1. The van der Waals surface area contributed by atoms with Crippen molar-refractivity contribution < 1.29 is 4.11 Å². The average molecular weight is 256 g/mol. The van der Waals surface area contributed by atoms with Crippen LogP contribution in [-0.2, 0) is 0 Å². The first-order chi connectivity index (χ1) is 7.80. The second-order valence-corrected chi connectivity index (χ2v) is 4.25. The molecule has 74 valence electrons. The average Bonchev–Trinajstić information content (AvgIpc) is 2.51. The Balaban J connectivity index is 2.68. The topological polar surface area (TPSA) is 17.8 Å².